The second kappa shape index (κ2) is 6.58. The highest BCUT2D eigenvalue weighted by Crippen LogP contribution is 2.20. The summed E-state index contributed by atoms with van der Waals surface area (Å²) in [5.74, 6) is 0.607. The monoisotopic (exact) mass is 288 g/mol. The van der Waals surface area contributed by atoms with Gasteiger partial charge >= 0.3 is 5.97 Å². The number of hydrogen-bond donors (Lipinski definition) is 1. The third-order valence-electron chi connectivity index (χ3n) is 3.63. The van der Waals surface area contributed by atoms with Crippen LogP contribution in [0.2, 0.25) is 0 Å². The summed E-state index contributed by atoms with van der Waals surface area (Å²) in [6.07, 6.45) is 0. The van der Waals surface area contributed by atoms with E-state index in [0.717, 1.165) is 5.75 Å². The van der Waals surface area contributed by atoms with Crippen LogP contribution in [0.25, 0.3) is 0 Å². The predicted octanol–water partition coefficient (Wildman–Crippen LogP) is -0.264. The second-order valence-corrected chi connectivity index (χ2v) is 5.93. The molecule has 2 aliphatic rings. The van der Waals surface area contributed by atoms with E-state index in [1.807, 2.05) is 11.8 Å². The number of carboxylic acid groups (broad SMARTS) is 1. The molecule has 0 aromatic carbocycles. The zero-order valence-corrected chi connectivity index (χ0v) is 11.9. The zero-order chi connectivity index (χ0) is 13.8. The summed E-state index contributed by atoms with van der Waals surface area (Å²) >= 11 is 1.63. The summed E-state index contributed by atoms with van der Waals surface area (Å²) in [5, 5.41) is 9.25. The Bertz CT molecular complexity index is 347. The summed E-state index contributed by atoms with van der Waals surface area (Å²) in [5.41, 5.74) is 0. The Morgan fingerprint density at radius 3 is 2.63 bits per heavy atom. The first-order valence-corrected chi connectivity index (χ1v) is 7.69. The molecule has 7 heteroatoms. The molecule has 2 rings (SSSR count). The molecule has 0 aromatic heterocycles. The van der Waals surface area contributed by atoms with Crippen molar-refractivity contribution in [3.05, 3.63) is 0 Å². The van der Waals surface area contributed by atoms with E-state index in [2.05, 4.69) is 0 Å². The van der Waals surface area contributed by atoms with E-state index >= 15 is 0 Å². The van der Waals surface area contributed by atoms with Crippen LogP contribution in [0.1, 0.15) is 6.92 Å². The van der Waals surface area contributed by atoms with Crippen LogP contribution in [0.3, 0.4) is 0 Å². The Hall–Kier alpha value is -0.790. The fraction of sp³-hybridized carbons (Fsp3) is 0.833. The molecular formula is C12H20N2O4S. The van der Waals surface area contributed by atoms with Crippen molar-refractivity contribution in [2.45, 2.75) is 19.0 Å². The summed E-state index contributed by atoms with van der Waals surface area (Å²) < 4.78 is 5.23. The number of nitrogens with zero attached hydrogens (tertiary/aromatic N) is 2. The molecule has 108 valence electrons. The Kier molecular flexibility index (Phi) is 5.06. The summed E-state index contributed by atoms with van der Waals surface area (Å²) in [6, 6.07) is -0.932. The van der Waals surface area contributed by atoms with Crippen LogP contribution in [-0.2, 0) is 14.3 Å². The molecule has 0 aliphatic carbocycles. The van der Waals surface area contributed by atoms with E-state index in [1.54, 1.807) is 16.7 Å². The van der Waals surface area contributed by atoms with Gasteiger partial charge in [-0.25, -0.2) is 0 Å². The quantitative estimate of drug-likeness (QED) is 0.771. The van der Waals surface area contributed by atoms with Gasteiger partial charge in [-0.1, -0.05) is 0 Å². The topological polar surface area (TPSA) is 70.1 Å². The van der Waals surface area contributed by atoms with Crippen LogP contribution in [-0.4, -0.2) is 83.2 Å². The molecule has 0 spiro atoms. The number of thioether (sulfide) groups is 1. The number of carboxylic acids is 1. The highest BCUT2D eigenvalue weighted by Gasteiger charge is 2.36. The normalized spacial score (nSPS) is 27.0. The molecule has 2 aliphatic heterocycles. The fourth-order valence-electron chi connectivity index (χ4n) is 2.48. The van der Waals surface area contributed by atoms with Crippen molar-refractivity contribution in [1.82, 2.24) is 9.80 Å². The van der Waals surface area contributed by atoms with E-state index in [0.29, 0.717) is 38.6 Å². The van der Waals surface area contributed by atoms with E-state index in [-0.39, 0.29) is 11.9 Å². The molecule has 2 saturated heterocycles. The third-order valence-corrected chi connectivity index (χ3v) is 4.66. The number of carbonyl (C=O) groups excluding carboxylic acids is 1. The van der Waals surface area contributed by atoms with Gasteiger partial charge in [0, 0.05) is 31.1 Å². The van der Waals surface area contributed by atoms with Gasteiger partial charge in [0.25, 0.3) is 0 Å². The molecule has 0 bridgehead atoms. The lowest BCUT2D eigenvalue weighted by Gasteiger charge is -2.39. The van der Waals surface area contributed by atoms with Gasteiger partial charge in [0.2, 0.25) is 5.91 Å². The van der Waals surface area contributed by atoms with Crippen LogP contribution in [0.5, 0.6) is 0 Å². The number of hydrogen-bond acceptors (Lipinski definition) is 5. The molecule has 6 nitrogen and oxygen atoms in total. The van der Waals surface area contributed by atoms with Crippen LogP contribution < -0.4 is 0 Å². The minimum atomic E-state index is -0.839. The smallest absolute Gasteiger partial charge is 0.321 e. The molecule has 0 radical (unpaired) electrons. The molecule has 0 saturated carbocycles. The molecule has 2 atom stereocenters. The Labute approximate surface area is 117 Å². The van der Waals surface area contributed by atoms with Gasteiger partial charge in [0.15, 0.2) is 0 Å². The van der Waals surface area contributed by atoms with E-state index in [1.165, 1.54) is 0 Å². The fourth-order valence-corrected chi connectivity index (χ4v) is 3.55. The minimum absolute atomic E-state index is 0.0152. The van der Waals surface area contributed by atoms with Crippen molar-refractivity contribution in [3.8, 4) is 0 Å². The Morgan fingerprint density at radius 1 is 1.32 bits per heavy atom. The van der Waals surface area contributed by atoms with Gasteiger partial charge in [0.1, 0.15) is 6.04 Å². The van der Waals surface area contributed by atoms with Crippen molar-refractivity contribution < 1.29 is 19.4 Å². The number of aliphatic carboxylic acids is 1. The van der Waals surface area contributed by atoms with E-state index in [4.69, 9.17) is 4.74 Å². The zero-order valence-electron chi connectivity index (χ0n) is 11.1. The number of carbonyl (C=O) groups is 2. The lowest BCUT2D eigenvalue weighted by atomic mass is 10.1. The average molecular weight is 288 g/mol. The number of ether oxygens (including phenoxy) is 1. The standard InChI is InChI=1S/C12H20N2O4S/c1-9(11(15)13-2-5-18-6-3-13)14-4-7-19-8-10(14)12(16)17/h9-10H,2-8H2,1H3,(H,16,17). The summed E-state index contributed by atoms with van der Waals surface area (Å²) in [6.45, 7) is 4.79. The number of amides is 1. The van der Waals surface area contributed by atoms with Crippen LogP contribution in [0.15, 0.2) is 0 Å². The van der Waals surface area contributed by atoms with Crippen molar-refractivity contribution in [2.75, 3.05) is 44.4 Å². The molecular weight excluding hydrogens is 268 g/mol. The molecule has 2 fully saturated rings. The van der Waals surface area contributed by atoms with Crippen molar-refractivity contribution in [1.29, 1.82) is 0 Å². The molecule has 0 aromatic rings. The largest absolute Gasteiger partial charge is 0.480 e. The lowest BCUT2D eigenvalue weighted by Crippen LogP contribution is -2.57. The van der Waals surface area contributed by atoms with Gasteiger partial charge in [-0.15, -0.1) is 0 Å². The van der Waals surface area contributed by atoms with Crippen molar-refractivity contribution >= 4 is 23.6 Å². The molecule has 1 N–H and O–H groups in total. The van der Waals surface area contributed by atoms with Crippen LogP contribution in [0, 0.1) is 0 Å². The molecule has 1 amide bonds. The molecule has 2 unspecified atom stereocenters. The first-order valence-electron chi connectivity index (χ1n) is 6.54. The highest BCUT2D eigenvalue weighted by molar-refractivity contribution is 7.99. The first kappa shape index (κ1) is 14.6. The van der Waals surface area contributed by atoms with Gasteiger partial charge in [0.05, 0.1) is 19.3 Å². The Morgan fingerprint density at radius 2 is 2.00 bits per heavy atom. The molecule has 2 heterocycles. The molecule has 19 heavy (non-hydrogen) atoms. The van der Waals surface area contributed by atoms with Gasteiger partial charge in [-0.3, -0.25) is 14.5 Å². The minimum Gasteiger partial charge on any atom is -0.480 e. The van der Waals surface area contributed by atoms with Crippen molar-refractivity contribution in [2.24, 2.45) is 0 Å². The Balaban J connectivity index is 2.01. The van der Waals surface area contributed by atoms with Gasteiger partial charge in [-0.2, -0.15) is 11.8 Å². The predicted molar refractivity (Wildman–Crippen MR) is 72.3 cm³/mol. The first-order chi connectivity index (χ1) is 9.11. The third kappa shape index (κ3) is 3.40. The van der Waals surface area contributed by atoms with Gasteiger partial charge in [-0.05, 0) is 6.92 Å². The highest BCUT2D eigenvalue weighted by atomic mass is 32.2. The van der Waals surface area contributed by atoms with Crippen LogP contribution in [0.4, 0.5) is 0 Å². The van der Waals surface area contributed by atoms with E-state index < -0.39 is 12.0 Å². The van der Waals surface area contributed by atoms with Crippen LogP contribution >= 0.6 is 11.8 Å². The maximum absolute atomic E-state index is 12.4. The maximum atomic E-state index is 12.4. The second-order valence-electron chi connectivity index (χ2n) is 4.78. The average Bonchev–Trinajstić information content (AvgIpc) is 2.46. The maximum Gasteiger partial charge on any atom is 0.321 e. The van der Waals surface area contributed by atoms with Gasteiger partial charge < -0.3 is 14.7 Å². The SMILES string of the molecule is CC(C(=O)N1CCOCC1)N1CCSCC1C(=O)O. The lowest BCUT2D eigenvalue weighted by molar-refractivity contribution is -0.148. The van der Waals surface area contributed by atoms with Crippen molar-refractivity contribution in [3.63, 3.8) is 0 Å². The van der Waals surface area contributed by atoms with E-state index in [9.17, 15) is 14.7 Å². The number of rotatable bonds is 3. The number of morpholine rings is 1. The summed E-state index contributed by atoms with van der Waals surface area (Å²) in [4.78, 5) is 27.3. The summed E-state index contributed by atoms with van der Waals surface area (Å²) in [7, 11) is 0.